The van der Waals surface area contributed by atoms with E-state index in [2.05, 4.69) is 0 Å². The Kier molecular flexibility index (Phi) is 4.35. The van der Waals surface area contributed by atoms with E-state index in [4.69, 9.17) is 15.2 Å². The van der Waals surface area contributed by atoms with E-state index in [-0.39, 0.29) is 18.0 Å². The van der Waals surface area contributed by atoms with E-state index in [0.717, 1.165) is 19.4 Å². The zero-order chi connectivity index (χ0) is 10.6. The predicted octanol–water partition coefficient (Wildman–Crippen LogP) is 0.692. The highest BCUT2D eigenvalue weighted by molar-refractivity contribution is 5.75. The van der Waals surface area contributed by atoms with E-state index >= 15 is 0 Å². The van der Waals surface area contributed by atoms with Gasteiger partial charge in [-0.3, -0.25) is 4.79 Å². The van der Waals surface area contributed by atoms with Crippen molar-refractivity contribution in [1.29, 1.82) is 0 Å². The van der Waals surface area contributed by atoms with E-state index in [1.165, 1.54) is 0 Å². The Bertz CT molecular complexity index is 188. The third-order valence-corrected chi connectivity index (χ3v) is 2.43. The van der Waals surface area contributed by atoms with Crippen LogP contribution < -0.4 is 5.73 Å². The summed E-state index contributed by atoms with van der Waals surface area (Å²) in [6.45, 7) is 4.92. The number of hydrogen-bond donors (Lipinski definition) is 1. The van der Waals surface area contributed by atoms with Gasteiger partial charge in [0, 0.05) is 6.61 Å². The normalized spacial score (nSPS) is 23.9. The van der Waals surface area contributed by atoms with Gasteiger partial charge >= 0.3 is 5.97 Å². The third-order valence-electron chi connectivity index (χ3n) is 2.43. The molecule has 2 N–H and O–H groups in total. The first-order chi connectivity index (χ1) is 6.61. The fourth-order valence-corrected chi connectivity index (χ4v) is 1.32. The van der Waals surface area contributed by atoms with Crippen molar-refractivity contribution in [3.63, 3.8) is 0 Å². The van der Waals surface area contributed by atoms with Gasteiger partial charge in [0.05, 0.1) is 6.10 Å². The van der Waals surface area contributed by atoms with Crippen LogP contribution in [0.25, 0.3) is 0 Å². The molecule has 4 nitrogen and oxygen atoms in total. The van der Waals surface area contributed by atoms with Crippen LogP contribution in [0.3, 0.4) is 0 Å². The second kappa shape index (κ2) is 5.32. The molecule has 2 atom stereocenters. The summed E-state index contributed by atoms with van der Waals surface area (Å²) in [4.78, 5) is 11.3. The lowest BCUT2D eigenvalue weighted by atomic mass is 10.1. The summed E-state index contributed by atoms with van der Waals surface area (Å²) >= 11 is 0. The highest BCUT2D eigenvalue weighted by Gasteiger charge is 2.22. The van der Waals surface area contributed by atoms with Gasteiger partial charge in [0.2, 0.25) is 0 Å². The van der Waals surface area contributed by atoms with Crippen molar-refractivity contribution in [3.05, 3.63) is 0 Å². The van der Waals surface area contributed by atoms with Crippen LogP contribution in [0, 0.1) is 5.92 Å². The van der Waals surface area contributed by atoms with Crippen molar-refractivity contribution < 1.29 is 14.3 Å². The Labute approximate surface area is 84.7 Å². The molecule has 1 aliphatic heterocycles. The van der Waals surface area contributed by atoms with E-state index in [0.29, 0.717) is 6.61 Å². The molecule has 1 fully saturated rings. The second-order valence-corrected chi connectivity index (χ2v) is 4.03. The van der Waals surface area contributed by atoms with Gasteiger partial charge in [-0.2, -0.15) is 0 Å². The van der Waals surface area contributed by atoms with Gasteiger partial charge < -0.3 is 15.2 Å². The summed E-state index contributed by atoms with van der Waals surface area (Å²) in [6.07, 6.45) is 2.11. The smallest absolute Gasteiger partial charge is 0.323 e. The molecule has 82 valence electrons. The first-order valence-electron chi connectivity index (χ1n) is 5.15. The Morgan fingerprint density at radius 3 is 2.86 bits per heavy atom. The summed E-state index contributed by atoms with van der Waals surface area (Å²) in [6, 6.07) is -0.517. The van der Waals surface area contributed by atoms with Crippen LogP contribution in [-0.4, -0.2) is 31.3 Å². The van der Waals surface area contributed by atoms with E-state index in [9.17, 15) is 4.79 Å². The Morgan fingerprint density at radius 1 is 1.64 bits per heavy atom. The molecule has 1 aliphatic rings. The van der Waals surface area contributed by atoms with Gasteiger partial charge in [-0.1, -0.05) is 13.8 Å². The number of carbonyl (C=O) groups excluding carboxylic acids is 1. The number of carbonyl (C=O) groups is 1. The summed E-state index contributed by atoms with van der Waals surface area (Å²) in [5, 5.41) is 0. The molecule has 1 rings (SSSR count). The van der Waals surface area contributed by atoms with Crippen LogP contribution in [0.1, 0.15) is 26.7 Å². The summed E-state index contributed by atoms with van der Waals surface area (Å²) in [7, 11) is 0. The molecule has 0 radical (unpaired) electrons. The van der Waals surface area contributed by atoms with Crippen LogP contribution in [0.4, 0.5) is 0 Å². The molecule has 1 unspecified atom stereocenters. The summed E-state index contributed by atoms with van der Waals surface area (Å²) in [5.74, 6) is -0.206. The highest BCUT2D eigenvalue weighted by Crippen LogP contribution is 2.12. The monoisotopic (exact) mass is 201 g/mol. The van der Waals surface area contributed by atoms with Gasteiger partial charge in [0.15, 0.2) is 0 Å². The predicted molar refractivity (Wildman–Crippen MR) is 52.7 cm³/mol. The molecular weight excluding hydrogens is 182 g/mol. The van der Waals surface area contributed by atoms with Gasteiger partial charge in [-0.05, 0) is 18.8 Å². The molecule has 0 bridgehead atoms. The maximum atomic E-state index is 11.3. The largest absolute Gasteiger partial charge is 0.462 e. The van der Waals surface area contributed by atoms with Crippen molar-refractivity contribution in [1.82, 2.24) is 0 Å². The molecule has 0 spiro atoms. The van der Waals surface area contributed by atoms with Gasteiger partial charge in [-0.15, -0.1) is 0 Å². The zero-order valence-electron chi connectivity index (χ0n) is 8.86. The molecule has 0 aromatic heterocycles. The van der Waals surface area contributed by atoms with Crippen molar-refractivity contribution >= 4 is 5.97 Å². The van der Waals surface area contributed by atoms with Crippen molar-refractivity contribution in [2.24, 2.45) is 11.7 Å². The van der Waals surface area contributed by atoms with Crippen molar-refractivity contribution in [3.8, 4) is 0 Å². The molecule has 0 aromatic carbocycles. The van der Waals surface area contributed by atoms with Crippen LogP contribution in [0.2, 0.25) is 0 Å². The average Bonchev–Trinajstić information content (AvgIpc) is 2.65. The van der Waals surface area contributed by atoms with Crippen molar-refractivity contribution in [2.45, 2.75) is 38.8 Å². The average molecular weight is 201 g/mol. The first-order valence-corrected chi connectivity index (χ1v) is 5.15. The minimum atomic E-state index is -0.517. The molecular formula is C10H19NO3. The topological polar surface area (TPSA) is 61.6 Å². The minimum absolute atomic E-state index is 0.0818. The number of esters is 1. The van der Waals surface area contributed by atoms with E-state index < -0.39 is 6.04 Å². The lowest BCUT2D eigenvalue weighted by Gasteiger charge is -2.16. The SMILES string of the molecule is CC(C)[C@H](N)C(=O)OCC1CCCO1. The molecule has 0 aromatic rings. The lowest BCUT2D eigenvalue weighted by Crippen LogP contribution is -2.38. The molecule has 1 heterocycles. The molecule has 0 aliphatic carbocycles. The van der Waals surface area contributed by atoms with Crippen LogP contribution in [0.15, 0.2) is 0 Å². The fourth-order valence-electron chi connectivity index (χ4n) is 1.32. The van der Waals surface area contributed by atoms with Gasteiger partial charge in [0.1, 0.15) is 12.6 Å². The standard InChI is InChI=1S/C10H19NO3/c1-7(2)9(11)10(12)14-6-8-4-3-5-13-8/h7-9H,3-6,11H2,1-2H3/t8?,9-/m0/s1. The van der Waals surface area contributed by atoms with Crippen LogP contribution in [-0.2, 0) is 14.3 Å². The summed E-state index contributed by atoms with van der Waals surface area (Å²) < 4.78 is 10.4. The van der Waals surface area contributed by atoms with Crippen LogP contribution in [0.5, 0.6) is 0 Å². The van der Waals surface area contributed by atoms with E-state index in [1.54, 1.807) is 0 Å². The quantitative estimate of drug-likeness (QED) is 0.680. The number of ether oxygens (including phenoxy) is 2. The number of rotatable bonds is 4. The fraction of sp³-hybridized carbons (Fsp3) is 0.900. The summed E-state index contributed by atoms with van der Waals surface area (Å²) in [5.41, 5.74) is 5.63. The molecule has 14 heavy (non-hydrogen) atoms. The third kappa shape index (κ3) is 3.27. The Balaban J connectivity index is 2.19. The highest BCUT2D eigenvalue weighted by atomic mass is 16.6. The minimum Gasteiger partial charge on any atom is -0.462 e. The van der Waals surface area contributed by atoms with Gasteiger partial charge in [0.25, 0.3) is 0 Å². The molecule has 1 saturated heterocycles. The number of hydrogen-bond acceptors (Lipinski definition) is 4. The maximum absolute atomic E-state index is 11.3. The maximum Gasteiger partial charge on any atom is 0.323 e. The zero-order valence-corrected chi connectivity index (χ0v) is 8.86. The molecule has 4 heteroatoms. The second-order valence-electron chi connectivity index (χ2n) is 4.03. The van der Waals surface area contributed by atoms with Crippen LogP contribution >= 0.6 is 0 Å². The number of nitrogens with two attached hydrogens (primary N) is 1. The molecule has 0 amide bonds. The van der Waals surface area contributed by atoms with Crippen molar-refractivity contribution in [2.75, 3.05) is 13.2 Å². The lowest BCUT2D eigenvalue weighted by molar-refractivity contribution is -0.149. The molecule has 0 saturated carbocycles. The Morgan fingerprint density at radius 2 is 2.36 bits per heavy atom. The first kappa shape index (κ1) is 11.5. The Hall–Kier alpha value is -0.610. The van der Waals surface area contributed by atoms with E-state index in [1.807, 2.05) is 13.8 Å². The van der Waals surface area contributed by atoms with Gasteiger partial charge in [-0.25, -0.2) is 0 Å².